The van der Waals surface area contributed by atoms with Crippen LogP contribution >= 0.6 is 11.3 Å². The molecule has 2 N–H and O–H groups in total. The topological polar surface area (TPSA) is 40.7 Å². The average Bonchev–Trinajstić information content (AvgIpc) is 3.00. The quantitative estimate of drug-likeness (QED) is 0.875. The monoisotopic (exact) mass is 247 g/mol. The van der Waals surface area contributed by atoms with Gasteiger partial charge in [0.15, 0.2) is 0 Å². The zero-order valence-electron chi connectivity index (χ0n) is 9.78. The zero-order valence-corrected chi connectivity index (χ0v) is 10.6. The van der Waals surface area contributed by atoms with E-state index in [-0.39, 0.29) is 0 Å². The Hall–Kier alpha value is -1.13. The van der Waals surface area contributed by atoms with E-state index in [1.165, 1.54) is 36.5 Å². The molecule has 3 heterocycles. The first-order chi connectivity index (χ1) is 8.42. The number of nitrogens with zero attached hydrogens (tertiary/aromatic N) is 1. The van der Waals surface area contributed by atoms with Crippen molar-refractivity contribution in [3.8, 4) is 11.3 Å². The molecule has 4 heteroatoms. The minimum absolute atomic E-state index is 0.821. The smallest absolute Gasteiger partial charge is 0.0935 e. The molecule has 0 amide bonds. The van der Waals surface area contributed by atoms with Gasteiger partial charge in [0.1, 0.15) is 0 Å². The predicted molar refractivity (Wildman–Crippen MR) is 71.2 cm³/mol. The van der Waals surface area contributed by atoms with Crippen molar-refractivity contribution in [2.24, 2.45) is 5.92 Å². The summed E-state index contributed by atoms with van der Waals surface area (Å²) >= 11 is 1.80. The summed E-state index contributed by atoms with van der Waals surface area (Å²) in [6, 6.07) is 2.07. The third-order valence-electron chi connectivity index (χ3n) is 3.37. The third kappa shape index (κ3) is 2.58. The van der Waals surface area contributed by atoms with Crippen molar-refractivity contribution < 1.29 is 0 Å². The number of nitrogens with one attached hydrogen (secondary N) is 2. The van der Waals surface area contributed by atoms with Crippen molar-refractivity contribution in [2.45, 2.75) is 19.3 Å². The first-order valence-electron chi connectivity index (χ1n) is 6.20. The van der Waals surface area contributed by atoms with Gasteiger partial charge in [-0.1, -0.05) is 0 Å². The summed E-state index contributed by atoms with van der Waals surface area (Å²) in [5.74, 6) is 0.821. The summed E-state index contributed by atoms with van der Waals surface area (Å²) in [7, 11) is 0. The number of aromatic nitrogens is 2. The summed E-state index contributed by atoms with van der Waals surface area (Å²) in [5, 5.41) is 6.86. The minimum Gasteiger partial charge on any atom is -0.367 e. The van der Waals surface area contributed by atoms with Gasteiger partial charge in [0.05, 0.1) is 10.7 Å². The molecule has 3 nitrogen and oxygen atoms in total. The van der Waals surface area contributed by atoms with Gasteiger partial charge in [0.25, 0.3) is 0 Å². The molecule has 0 aliphatic carbocycles. The normalized spacial score (nSPS) is 17.4. The Morgan fingerprint density at radius 1 is 1.35 bits per heavy atom. The molecule has 0 atom stereocenters. The summed E-state index contributed by atoms with van der Waals surface area (Å²) in [6.45, 7) is 2.33. The second kappa shape index (κ2) is 5.02. The minimum atomic E-state index is 0.821. The van der Waals surface area contributed by atoms with E-state index in [4.69, 9.17) is 4.98 Å². The highest BCUT2D eigenvalue weighted by Crippen LogP contribution is 2.25. The second-order valence-electron chi connectivity index (χ2n) is 4.62. The Bertz CT molecular complexity index is 455. The van der Waals surface area contributed by atoms with Crippen LogP contribution in [0.4, 0.5) is 0 Å². The van der Waals surface area contributed by atoms with E-state index in [0.717, 1.165) is 18.0 Å². The Morgan fingerprint density at radius 3 is 3.00 bits per heavy atom. The lowest BCUT2D eigenvalue weighted by Crippen LogP contribution is -2.28. The van der Waals surface area contributed by atoms with Crippen LogP contribution in [0, 0.1) is 5.92 Å². The van der Waals surface area contributed by atoms with Gasteiger partial charge in [-0.3, -0.25) is 0 Å². The van der Waals surface area contributed by atoms with Gasteiger partial charge < -0.3 is 10.3 Å². The number of thiazole rings is 1. The van der Waals surface area contributed by atoms with Crippen molar-refractivity contribution >= 4 is 11.3 Å². The maximum absolute atomic E-state index is 4.72. The van der Waals surface area contributed by atoms with Gasteiger partial charge in [-0.25, -0.2) is 4.98 Å². The number of hydrogen-bond acceptors (Lipinski definition) is 3. The van der Waals surface area contributed by atoms with Crippen LogP contribution in [0.2, 0.25) is 0 Å². The summed E-state index contributed by atoms with van der Waals surface area (Å²) in [4.78, 5) is 7.80. The third-order valence-corrected chi connectivity index (χ3v) is 4.24. The van der Waals surface area contributed by atoms with Gasteiger partial charge in [-0.2, -0.15) is 0 Å². The molecule has 1 saturated heterocycles. The molecular formula is C13H17N3S. The maximum atomic E-state index is 4.72. The lowest BCUT2D eigenvalue weighted by atomic mass is 9.95. The van der Waals surface area contributed by atoms with E-state index in [9.17, 15) is 0 Å². The van der Waals surface area contributed by atoms with Crippen molar-refractivity contribution in [1.29, 1.82) is 0 Å². The van der Waals surface area contributed by atoms with E-state index in [0.29, 0.717) is 0 Å². The lowest BCUT2D eigenvalue weighted by Gasteiger charge is -2.21. The largest absolute Gasteiger partial charge is 0.367 e. The Kier molecular flexibility index (Phi) is 3.25. The van der Waals surface area contributed by atoms with Crippen molar-refractivity contribution in [2.75, 3.05) is 13.1 Å². The summed E-state index contributed by atoms with van der Waals surface area (Å²) in [6.07, 6.45) is 7.68. The molecule has 0 spiro atoms. The highest BCUT2D eigenvalue weighted by Gasteiger charge is 2.15. The van der Waals surface area contributed by atoms with Crippen molar-refractivity contribution in [3.05, 3.63) is 28.8 Å². The molecule has 90 valence electrons. The van der Waals surface area contributed by atoms with E-state index >= 15 is 0 Å². The fraction of sp³-hybridized carbons (Fsp3) is 0.462. The average molecular weight is 247 g/mol. The first-order valence-corrected chi connectivity index (χ1v) is 7.08. The van der Waals surface area contributed by atoms with Crippen molar-refractivity contribution in [3.63, 3.8) is 0 Å². The molecule has 3 rings (SSSR count). The highest BCUT2D eigenvalue weighted by molar-refractivity contribution is 7.09. The molecule has 1 aliphatic heterocycles. The van der Waals surface area contributed by atoms with Crippen molar-refractivity contribution in [1.82, 2.24) is 15.3 Å². The molecule has 1 aliphatic rings. The van der Waals surface area contributed by atoms with Crippen LogP contribution in [-0.2, 0) is 6.42 Å². The molecule has 17 heavy (non-hydrogen) atoms. The number of hydrogen-bond donors (Lipinski definition) is 2. The van der Waals surface area contributed by atoms with Gasteiger partial charge in [-0.05, 0) is 37.9 Å². The van der Waals surface area contributed by atoms with E-state index in [2.05, 4.69) is 21.7 Å². The number of H-pyrrole nitrogens is 1. The van der Waals surface area contributed by atoms with E-state index < -0.39 is 0 Å². The fourth-order valence-electron chi connectivity index (χ4n) is 2.35. The van der Waals surface area contributed by atoms with E-state index in [1.54, 1.807) is 11.3 Å². The summed E-state index contributed by atoms with van der Waals surface area (Å²) < 4.78 is 0. The van der Waals surface area contributed by atoms with Crippen LogP contribution < -0.4 is 5.32 Å². The number of rotatable bonds is 3. The Balaban J connectivity index is 1.68. The predicted octanol–water partition coefficient (Wildman–Crippen LogP) is 2.68. The van der Waals surface area contributed by atoms with Crippen LogP contribution in [0.15, 0.2) is 23.8 Å². The SMILES string of the molecule is c1cc(-c2csc(CC3CCNCC3)n2)c[nH]1. The maximum Gasteiger partial charge on any atom is 0.0935 e. The standard InChI is InChI=1S/C13H17N3S/c1-4-14-5-2-10(1)7-13-16-12(9-17-13)11-3-6-15-8-11/h3,6,8-10,14-15H,1-2,4-5,7H2. The molecule has 0 radical (unpaired) electrons. The van der Waals surface area contributed by atoms with Gasteiger partial charge in [0.2, 0.25) is 0 Å². The first kappa shape index (κ1) is 11.0. The van der Waals surface area contributed by atoms with E-state index in [1.807, 2.05) is 12.4 Å². The van der Waals surface area contributed by atoms with Crippen LogP contribution in [0.1, 0.15) is 17.8 Å². The molecule has 0 bridgehead atoms. The molecule has 1 fully saturated rings. The number of piperidine rings is 1. The molecule has 0 aromatic carbocycles. The van der Waals surface area contributed by atoms with Gasteiger partial charge >= 0.3 is 0 Å². The zero-order chi connectivity index (χ0) is 11.5. The molecule has 2 aromatic rings. The Morgan fingerprint density at radius 2 is 2.24 bits per heavy atom. The second-order valence-corrected chi connectivity index (χ2v) is 5.57. The highest BCUT2D eigenvalue weighted by atomic mass is 32.1. The molecule has 0 saturated carbocycles. The van der Waals surface area contributed by atoms with Crippen LogP contribution in [-0.4, -0.2) is 23.1 Å². The van der Waals surface area contributed by atoms with Gasteiger partial charge in [0, 0.05) is 29.8 Å². The molecule has 2 aromatic heterocycles. The van der Waals surface area contributed by atoms with Crippen LogP contribution in [0.25, 0.3) is 11.3 Å². The van der Waals surface area contributed by atoms with Crippen LogP contribution in [0.5, 0.6) is 0 Å². The van der Waals surface area contributed by atoms with Crippen LogP contribution in [0.3, 0.4) is 0 Å². The molecular weight excluding hydrogens is 230 g/mol. The number of aromatic amines is 1. The summed E-state index contributed by atoms with van der Waals surface area (Å²) in [5.41, 5.74) is 2.30. The fourth-order valence-corrected chi connectivity index (χ4v) is 3.27. The van der Waals surface area contributed by atoms with Gasteiger partial charge in [-0.15, -0.1) is 11.3 Å². The lowest BCUT2D eigenvalue weighted by molar-refractivity contribution is 0.372. The Labute approximate surface area is 105 Å². The molecule has 0 unspecified atom stereocenters.